The van der Waals surface area contributed by atoms with Gasteiger partial charge in [-0.25, -0.2) is 13.1 Å². The Hall–Kier alpha value is -2.51. The summed E-state index contributed by atoms with van der Waals surface area (Å²) in [5.41, 5.74) is 1.29. The van der Waals surface area contributed by atoms with Crippen LogP contribution in [-0.2, 0) is 16.4 Å². The molecular formula is C24H26ClN3O2S. The molecule has 4 aromatic rings. The summed E-state index contributed by atoms with van der Waals surface area (Å²) in [4.78, 5) is 4.33. The number of sulfonamides is 1. The van der Waals surface area contributed by atoms with Crippen LogP contribution in [0.4, 0.5) is 0 Å². The number of hydrogen-bond acceptors (Lipinski definition) is 4. The van der Waals surface area contributed by atoms with E-state index in [4.69, 9.17) is 0 Å². The summed E-state index contributed by atoms with van der Waals surface area (Å²) < 4.78 is 28.2. The SMILES string of the molecule is CC(CNCCc1cccc2ccccc12)NS(=O)(=O)c1ccc2cnccc2c1.Cl. The minimum atomic E-state index is -3.58. The molecule has 0 fully saturated rings. The number of nitrogens with zero attached hydrogens (tertiary/aromatic N) is 1. The van der Waals surface area contributed by atoms with Gasteiger partial charge in [-0.3, -0.25) is 4.98 Å². The van der Waals surface area contributed by atoms with Gasteiger partial charge in [-0.1, -0.05) is 48.5 Å². The molecule has 0 aliphatic carbocycles. The molecule has 5 nitrogen and oxygen atoms in total. The standard InChI is InChI=1S/C24H25N3O2S.ClH/c1-18(16-25-13-11-20-7-4-6-19-5-2-3-8-24(19)20)27-30(28,29)23-10-9-22-17-26-14-12-21(22)15-23;/h2-10,12,14-15,17-18,25,27H,11,13,16H2,1H3;1H. The van der Waals surface area contributed by atoms with Crippen molar-refractivity contribution in [3.63, 3.8) is 0 Å². The first-order valence-corrected chi connectivity index (χ1v) is 11.5. The van der Waals surface area contributed by atoms with Crippen LogP contribution < -0.4 is 10.0 Å². The highest BCUT2D eigenvalue weighted by Crippen LogP contribution is 2.19. The lowest BCUT2D eigenvalue weighted by Crippen LogP contribution is -2.40. The highest BCUT2D eigenvalue weighted by molar-refractivity contribution is 7.89. The Morgan fingerprint density at radius 2 is 1.74 bits per heavy atom. The molecule has 0 aliphatic heterocycles. The molecular weight excluding hydrogens is 430 g/mol. The lowest BCUT2D eigenvalue weighted by molar-refractivity contribution is 0.537. The molecule has 162 valence electrons. The van der Waals surface area contributed by atoms with Gasteiger partial charge in [0.15, 0.2) is 0 Å². The maximum Gasteiger partial charge on any atom is 0.240 e. The third-order valence-electron chi connectivity index (χ3n) is 5.18. The maximum absolute atomic E-state index is 12.7. The number of fused-ring (bicyclic) bond motifs is 2. The fourth-order valence-corrected chi connectivity index (χ4v) is 4.93. The first kappa shape index (κ1) is 23.2. The van der Waals surface area contributed by atoms with E-state index in [0.717, 1.165) is 23.7 Å². The molecule has 7 heteroatoms. The molecule has 1 unspecified atom stereocenters. The van der Waals surface area contributed by atoms with Crippen LogP contribution in [-0.4, -0.2) is 32.5 Å². The maximum atomic E-state index is 12.7. The quantitative estimate of drug-likeness (QED) is 0.388. The minimum absolute atomic E-state index is 0. The Bertz CT molecular complexity index is 1270. The first-order chi connectivity index (χ1) is 14.5. The van der Waals surface area contributed by atoms with Gasteiger partial charge in [0.05, 0.1) is 4.90 Å². The molecule has 1 aromatic heterocycles. The van der Waals surface area contributed by atoms with E-state index in [1.807, 2.05) is 19.1 Å². The summed E-state index contributed by atoms with van der Waals surface area (Å²) in [6.07, 6.45) is 4.27. The zero-order valence-electron chi connectivity index (χ0n) is 17.3. The molecule has 0 spiro atoms. The Labute approximate surface area is 189 Å². The summed E-state index contributed by atoms with van der Waals surface area (Å²) in [5, 5.41) is 7.64. The zero-order valence-corrected chi connectivity index (χ0v) is 18.9. The van der Waals surface area contributed by atoms with E-state index in [1.165, 1.54) is 16.3 Å². The normalized spacial score (nSPS) is 12.5. The highest BCUT2D eigenvalue weighted by atomic mass is 35.5. The van der Waals surface area contributed by atoms with Gasteiger partial charge in [-0.2, -0.15) is 0 Å². The molecule has 0 radical (unpaired) electrons. The second kappa shape index (κ2) is 10.2. The van der Waals surface area contributed by atoms with Crippen LogP contribution in [0.1, 0.15) is 12.5 Å². The van der Waals surface area contributed by atoms with Crippen molar-refractivity contribution in [2.45, 2.75) is 24.3 Å². The molecule has 0 aliphatic rings. The number of nitrogens with one attached hydrogen (secondary N) is 2. The van der Waals surface area contributed by atoms with Gasteiger partial charge in [-0.15, -0.1) is 12.4 Å². The second-order valence-electron chi connectivity index (χ2n) is 7.50. The van der Waals surface area contributed by atoms with E-state index in [0.29, 0.717) is 6.54 Å². The van der Waals surface area contributed by atoms with Gasteiger partial charge >= 0.3 is 0 Å². The third kappa shape index (κ3) is 5.60. The number of hydrogen-bond donors (Lipinski definition) is 2. The summed E-state index contributed by atoms with van der Waals surface area (Å²) >= 11 is 0. The number of rotatable bonds is 8. The van der Waals surface area contributed by atoms with E-state index in [9.17, 15) is 8.42 Å². The van der Waals surface area contributed by atoms with Crippen molar-refractivity contribution >= 4 is 44.0 Å². The Kier molecular flexibility index (Phi) is 7.62. The molecule has 3 aromatic carbocycles. The van der Waals surface area contributed by atoms with E-state index in [1.54, 1.807) is 30.6 Å². The van der Waals surface area contributed by atoms with Gasteiger partial charge in [-0.05, 0) is 59.8 Å². The lowest BCUT2D eigenvalue weighted by atomic mass is 10.0. The van der Waals surface area contributed by atoms with Crippen molar-refractivity contribution in [2.24, 2.45) is 0 Å². The van der Waals surface area contributed by atoms with E-state index >= 15 is 0 Å². The molecule has 0 bridgehead atoms. The van der Waals surface area contributed by atoms with Crippen molar-refractivity contribution in [3.8, 4) is 0 Å². The zero-order chi connectivity index (χ0) is 21.0. The second-order valence-corrected chi connectivity index (χ2v) is 9.21. The number of pyridine rings is 1. The lowest BCUT2D eigenvalue weighted by Gasteiger charge is -2.16. The minimum Gasteiger partial charge on any atom is -0.315 e. The predicted octanol–water partition coefficient (Wildman–Crippen LogP) is 4.31. The van der Waals surface area contributed by atoms with Crippen LogP contribution in [0.5, 0.6) is 0 Å². The Morgan fingerprint density at radius 3 is 2.61 bits per heavy atom. The molecule has 4 rings (SSSR count). The van der Waals surface area contributed by atoms with Gasteiger partial charge in [0.2, 0.25) is 10.0 Å². The molecule has 2 N–H and O–H groups in total. The van der Waals surface area contributed by atoms with Crippen molar-refractivity contribution < 1.29 is 8.42 Å². The summed E-state index contributed by atoms with van der Waals surface area (Å²) in [5.74, 6) is 0. The molecule has 0 saturated heterocycles. The van der Waals surface area contributed by atoms with Crippen LogP contribution in [0.2, 0.25) is 0 Å². The van der Waals surface area contributed by atoms with Crippen molar-refractivity contribution in [2.75, 3.05) is 13.1 Å². The number of benzene rings is 3. The molecule has 1 atom stereocenters. The third-order valence-corrected chi connectivity index (χ3v) is 6.77. The smallest absolute Gasteiger partial charge is 0.240 e. The summed E-state index contributed by atoms with van der Waals surface area (Å²) in [7, 11) is -3.58. The van der Waals surface area contributed by atoms with Crippen LogP contribution in [0.15, 0.2) is 84.0 Å². The van der Waals surface area contributed by atoms with E-state index in [-0.39, 0.29) is 23.3 Å². The van der Waals surface area contributed by atoms with Crippen LogP contribution in [0.3, 0.4) is 0 Å². The van der Waals surface area contributed by atoms with Gasteiger partial charge in [0.25, 0.3) is 0 Å². The van der Waals surface area contributed by atoms with Crippen molar-refractivity contribution in [1.82, 2.24) is 15.0 Å². The fourth-order valence-electron chi connectivity index (χ4n) is 3.66. The van der Waals surface area contributed by atoms with E-state index < -0.39 is 10.0 Å². The van der Waals surface area contributed by atoms with Crippen molar-refractivity contribution in [3.05, 3.63) is 84.7 Å². The first-order valence-electron chi connectivity index (χ1n) is 10.1. The summed E-state index contributed by atoms with van der Waals surface area (Å²) in [6, 6.07) is 21.4. The van der Waals surface area contributed by atoms with Crippen LogP contribution in [0.25, 0.3) is 21.5 Å². The average molecular weight is 456 g/mol. The topological polar surface area (TPSA) is 71.1 Å². The van der Waals surface area contributed by atoms with Gasteiger partial charge < -0.3 is 5.32 Å². The highest BCUT2D eigenvalue weighted by Gasteiger charge is 2.17. The average Bonchev–Trinajstić information content (AvgIpc) is 2.76. The Balaban J connectivity index is 0.00000272. The number of halogens is 1. The molecule has 31 heavy (non-hydrogen) atoms. The fraction of sp³-hybridized carbons (Fsp3) is 0.208. The molecule has 0 saturated carbocycles. The van der Waals surface area contributed by atoms with Crippen molar-refractivity contribution in [1.29, 1.82) is 0 Å². The van der Waals surface area contributed by atoms with Crippen LogP contribution in [0, 0.1) is 0 Å². The van der Waals surface area contributed by atoms with Gasteiger partial charge in [0.1, 0.15) is 0 Å². The summed E-state index contributed by atoms with van der Waals surface area (Å²) in [6.45, 7) is 3.21. The van der Waals surface area contributed by atoms with Gasteiger partial charge in [0, 0.05) is 30.4 Å². The number of aromatic nitrogens is 1. The monoisotopic (exact) mass is 455 g/mol. The molecule has 0 amide bonds. The predicted molar refractivity (Wildman–Crippen MR) is 129 cm³/mol. The largest absolute Gasteiger partial charge is 0.315 e. The van der Waals surface area contributed by atoms with Crippen LogP contribution >= 0.6 is 12.4 Å². The molecule has 1 heterocycles. The van der Waals surface area contributed by atoms with E-state index in [2.05, 4.69) is 51.4 Å². The Morgan fingerprint density at radius 1 is 0.935 bits per heavy atom.